The molecule has 0 fully saturated rings. The Morgan fingerprint density at radius 2 is 1.47 bits per heavy atom. The number of carbonyl (C=O) groups is 1. The Hall–Kier alpha value is -3.45. The van der Waals surface area contributed by atoms with Gasteiger partial charge < -0.3 is 18.6 Å². The Morgan fingerprint density at radius 3 is 2.06 bits per heavy atom. The zero-order valence-corrected chi connectivity index (χ0v) is 30.6. The molecule has 51 heavy (non-hydrogen) atoms. The number of alkyl halides is 6. The molecule has 0 saturated carbocycles. The number of methoxy groups -OCH3 is 1. The quantitative estimate of drug-likeness (QED) is 0.0525. The summed E-state index contributed by atoms with van der Waals surface area (Å²) in [5, 5.41) is 0.687. The number of benzene rings is 2. The van der Waals surface area contributed by atoms with Gasteiger partial charge in [0.15, 0.2) is 0 Å². The van der Waals surface area contributed by atoms with Gasteiger partial charge in [-0.3, -0.25) is 4.79 Å². The van der Waals surface area contributed by atoms with E-state index < -0.39 is 61.9 Å². The lowest BCUT2D eigenvalue weighted by Crippen LogP contribution is -2.41. The highest BCUT2D eigenvalue weighted by atomic mass is 19.3. The summed E-state index contributed by atoms with van der Waals surface area (Å²) >= 11 is 0. The Labute approximate surface area is 295 Å². The van der Waals surface area contributed by atoms with E-state index in [9.17, 15) is 31.1 Å². The molecule has 0 radical (unpaired) electrons. The first-order valence-corrected chi connectivity index (χ1v) is 17.1. The molecule has 0 aliphatic carbocycles. The minimum Gasteiger partial charge on any atom is -0.496 e. The van der Waals surface area contributed by atoms with Crippen molar-refractivity contribution in [3.05, 3.63) is 48.0 Å². The maximum atomic E-state index is 14.3. The molecule has 0 aliphatic heterocycles. The molecular formula is C38H50F6O7. The summed E-state index contributed by atoms with van der Waals surface area (Å²) in [4.78, 5) is 12.6. The maximum Gasteiger partial charge on any atom is 0.494 e. The van der Waals surface area contributed by atoms with Gasteiger partial charge in [0.25, 0.3) is 0 Å². The molecule has 0 amide bonds. The number of furan rings is 1. The molecule has 0 saturated heterocycles. The van der Waals surface area contributed by atoms with Crippen LogP contribution in [0.25, 0.3) is 22.3 Å². The van der Waals surface area contributed by atoms with E-state index in [2.05, 4.69) is 16.4 Å². The maximum absolute atomic E-state index is 14.3. The first kappa shape index (κ1) is 42.0. The average Bonchev–Trinajstić information content (AvgIpc) is 3.40. The summed E-state index contributed by atoms with van der Waals surface area (Å²) in [6, 6.07) is 12.2. The Balaban J connectivity index is 1.54. The first-order chi connectivity index (χ1) is 23.5. The van der Waals surface area contributed by atoms with Crippen molar-refractivity contribution in [2.75, 3.05) is 20.3 Å². The molecule has 0 bridgehead atoms. The predicted octanol–water partition coefficient (Wildman–Crippen LogP) is 11.4. The number of rotatable bonds is 19. The van der Waals surface area contributed by atoms with E-state index in [1.165, 1.54) is 12.1 Å². The van der Waals surface area contributed by atoms with Crippen molar-refractivity contribution in [1.82, 2.24) is 0 Å². The summed E-state index contributed by atoms with van der Waals surface area (Å²) in [7, 11) is 1.56. The lowest BCUT2D eigenvalue weighted by molar-refractivity contribution is -0.514. The van der Waals surface area contributed by atoms with Crippen LogP contribution in [-0.2, 0) is 25.4 Å². The van der Waals surface area contributed by atoms with Gasteiger partial charge in [-0.2, -0.15) is 17.6 Å². The summed E-state index contributed by atoms with van der Waals surface area (Å²) in [6.07, 6.45) is -13.0. The van der Waals surface area contributed by atoms with Crippen LogP contribution >= 0.6 is 0 Å². The zero-order valence-electron chi connectivity index (χ0n) is 30.6. The molecule has 286 valence electrons. The van der Waals surface area contributed by atoms with Gasteiger partial charge in [-0.15, -0.1) is 8.78 Å². The highest BCUT2D eigenvalue weighted by molar-refractivity contribution is 5.85. The molecular weight excluding hydrogens is 682 g/mol. The molecule has 13 heteroatoms. The van der Waals surface area contributed by atoms with Crippen molar-refractivity contribution < 1.29 is 59.2 Å². The van der Waals surface area contributed by atoms with E-state index >= 15 is 0 Å². The second-order valence-electron chi connectivity index (χ2n) is 14.9. The van der Waals surface area contributed by atoms with E-state index in [0.29, 0.717) is 34.5 Å². The van der Waals surface area contributed by atoms with Crippen LogP contribution in [-0.4, -0.2) is 44.8 Å². The van der Waals surface area contributed by atoms with Gasteiger partial charge in [0.05, 0.1) is 44.6 Å². The van der Waals surface area contributed by atoms with E-state index in [-0.39, 0.29) is 11.2 Å². The number of aryl methyl sites for hydroxylation is 1. The van der Waals surface area contributed by atoms with E-state index in [1.54, 1.807) is 40.0 Å². The fraction of sp³-hybridized carbons (Fsp3) is 0.605. The molecule has 3 aromatic rings. The monoisotopic (exact) mass is 732 g/mol. The second-order valence-corrected chi connectivity index (χ2v) is 14.9. The topological polar surface area (TPSA) is 76.4 Å². The van der Waals surface area contributed by atoms with Gasteiger partial charge in [-0.1, -0.05) is 67.4 Å². The van der Waals surface area contributed by atoms with E-state index in [4.69, 9.17) is 18.6 Å². The van der Waals surface area contributed by atoms with Gasteiger partial charge in [-0.05, 0) is 66.0 Å². The number of unbranched alkanes of at least 4 members (excludes halogenated alkanes) is 2. The summed E-state index contributed by atoms with van der Waals surface area (Å²) in [5.41, 5.74) is 1.37. The van der Waals surface area contributed by atoms with Gasteiger partial charge in [0.1, 0.15) is 22.8 Å². The number of hydrogen-bond donors (Lipinski definition) is 0. The van der Waals surface area contributed by atoms with Crippen molar-refractivity contribution in [2.24, 2.45) is 16.7 Å². The normalized spacial score (nSPS) is 13.8. The largest absolute Gasteiger partial charge is 0.496 e. The number of hydrogen-bond acceptors (Lipinski definition) is 7. The van der Waals surface area contributed by atoms with Crippen LogP contribution in [0.1, 0.15) is 92.6 Å². The number of fused-ring (bicyclic) bond motifs is 1. The summed E-state index contributed by atoms with van der Waals surface area (Å²) < 4.78 is 114. The Morgan fingerprint density at radius 1 is 0.824 bits per heavy atom. The van der Waals surface area contributed by atoms with Crippen LogP contribution in [0.4, 0.5) is 26.3 Å². The highest BCUT2D eigenvalue weighted by Crippen LogP contribution is 2.39. The molecule has 0 spiro atoms. The minimum atomic E-state index is -5.38. The molecule has 2 aromatic carbocycles. The van der Waals surface area contributed by atoms with Gasteiger partial charge in [-0.25, -0.2) is 9.47 Å². The molecule has 3 rings (SSSR count). The third-order valence-electron chi connectivity index (χ3n) is 8.07. The molecule has 7 nitrogen and oxygen atoms in total. The van der Waals surface area contributed by atoms with Crippen molar-refractivity contribution in [2.45, 2.75) is 112 Å². The lowest BCUT2D eigenvalue weighted by Gasteiger charge is -2.34. The number of ether oxygens (including phenoxy) is 5. The van der Waals surface area contributed by atoms with Crippen molar-refractivity contribution >= 4 is 16.9 Å². The smallest absolute Gasteiger partial charge is 0.494 e. The average molecular weight is 733 g/mol. The standard InChI is InChI=1S/C38H50F6O7/c1-9-10-11-12-25-13-16-28(31(21-25)46-8)32-22-26-14-15-27(23-30(26)49-32)47-19-17-36(39,40)50-38(43,44)51-37(41,42)18-20-48-33(45)29(35(5,6)7)24-34(2,3)4/h13-16,21-23,29H,9-12,17-20,24H2,1-8H3. The summed E-state index contributed by atoms with van der Waals surface area (Å²) in [5.74, 6) is -0.214. The molecule has 0 aliphatic rings. The number of carbonyl (C=O) groups excluding carboxylic acids is 1. The third-order valence-corrected chi connectivity index (χ3v) is 8.07. The van der Waals surface area contributed by atoms with Gasteiger partial charge in [0.2, 0.25) is 0 Å². The minimum absolute atomic E-state index is 0.0951. The van der Waals surface area contributed by atoms with Crippen LogP contribution in [0.5, 0.6) is 11.5 Å². The van der Waals surface area contributed by atoms with Crippen LogP contribution < -0.4 is 9.47 Å². The molecule has 1 unspecified atom stereocenters. The number of halogens is 6. The van der Waals surface area contributed by atoms with Crippen molar-refractivity contribution in [3.63, 3.8) is 0 Å². The molecule has 1 heterocycles. The van der Waals surface area contributed by atoms with Crippen LogP contribution in [0.2, 0.25) is 0 Å². The fourth-order valence-corrected chi connectivity index (χ4v) is 5.39. The van der Waals surface area contributed by atoms with Crippen molar-refractivity contribution in [3.8, 4) is 22.8 Å². The Bertz CT molecular complexity index is 1570. The first-order valence-electron chi connectivity index (χ1n) is 17.1. The third kappa shape index (κ3) is 13.6. The van der Waals surface area contributed by atoms with Crippen LogP contribution in [0.15, 0.2) is 46.9 Å². The van der Waals surface area contributed by atoms with Crippen LogP contribution in [0, 0.1) is 16.7 Å². The van der Waals surface area contributed by atoms with E-state index in [1.807, 2.05) is 39.0 Å². The van der Waals surface area contributed by atoms with E-state index in [0.717, 1.165) is 31.2 Å². The Kier molecular flexibility index (Phi) is 13.9. The highest BCUT2D eigenvalue weighted by Gasteiger charge is 2.52. The summed E-state index contributed by atoms with van der Waals surface area (Å²) in [6.45, 7) is 11.4. The van der Waals surface area contributed by atoms with Crippen LogP contribution in [0.3, 0.4) is 0 Å². The SMILES string of the molecule is CCCCCc1ccc(-c2cc3ccc(OCCC(F)(F)OC(F)(F)OC(F)(F)CCOC(=O)C(CC(C)(C)C)C(C)(C)C)cc3o2)c(OC)c1. The molecule has 1 atom stereocenters. The number of esters is 1. The second kappa shape index (κ2) is 16.9. The predicted molar refractivity (Wildman–Crippen MR) is 181 cm³/mol. The van der Waals surface area contributed by atoms with Gasteiger partial charge in [0, 0.05) is 11.5 Å². The van der Waals surface area contributed by atoms with Crippen molar-refractivity contribution in [1.29, 1.82) is 0 Å². The fourth-order valence-electron chi connectivity index (χ4n) is 5.39. The molecule has 0 N–H and O–H groups in total. The zero-order chi connectivity index (χ0) is 38.3. The lowest BCUT2D eigenvalue weighted by atomic mass is 9.72. The van der Waals surface area contributed by atoms with Gasteiger partial charge >= 0.3 is 24.5 Å². The molecule has 1 aromatic heterocycles.